The predicted octanol–water partition coefficient (Wildman–Crippen LogP) is 11.9. The summed E-state index contributed by atoms with van der Waals surface area (Å²) in [5, 5.41) is 9.56. The Kier molecular flexibility index (Phi) is 36.1. The molecule has 0 aliphatic heterocycles. The van der Waals surface area contributed by atoms with Gasteiger partial charge in [-0.1, -0.05) is 146 Å². The quantitative estimate of drug-likeness (QED) is 0.0444. The third-order valence-corrected chi connectivity index (χ3v) is 7.89. The van der Waals surface area contributed by atoms with Gasteiger partial charge in [-0.05, 0) is 70.6 Å². The first-order valence-electron chi connectivity index (χ1n) is 18.7. The minimum absolute atomic E-state index is 0.182. The Labute approximate surface area is 273 Å². The normalized spacial score (nSPS) is 12.9. The molecule has 1 atom stereocenters. The number of carbonyl (C=O) groups excluding carboxylic acids is 1. The number of allylic oxidation sites excluding steroid dienone is 8. The lowest BCUT2D eigenvalue weighted by molar-refractivity contribution is -0.154. The van der Waals surface area contributed by atoms with Gasteiger partial charge in [0.1, 0.15) is 6.10 Å². The number of hydrogen-bond acceptors (Lipinski definition) is 4. The molecule has 0 aliphatic carbocycles. The second kappa shape index (κ2) is 37.5. The molecule has 0 spiro atoms. The highest BCUT2D eigenvalue weighted by molar-refractivity contribution is 5.69. The van der Waals surface area contributed by atoms with Crippen LogP contribution in [-0.2, 0) is 14.3 Å². The van der Waals surface area contributed by atoms with Crippen LogP contribution in [0.1, 0.15) is 174 Å². The van der Waals surface area contributed by atoms with Crippen molar-refractivity contribution in [1.82, 2.24) is 0 Å². The van der Waals surface area contributed by atoms with Crippen LogP contribution in [0.3, 0.4) is 0 Å². The van der Waals surface area contributed by atoms with Crippen LogP contribution < -0.4 is 0 Å². The van der Waals surface area contributed by atoms with Gasteiger partial charge in [-0.25, -0.2) is 0 Å². The first kappa shape index (κ1) is 42.3. The number of rotatable bonds is 34. The van der Waals surface area contributed by atoms with Crippen LogP contribution in [-0.4, -0.2) is 37.0 Å². The van der Waals surface area contributed by atoms with Crippen LogP contribution >= 0.6 is 0 Å². The number of aliphatic hydroxyl groups is 1. The molecule has 0 heterocycles. The number of aliphatic hydroxyl groups excluding tert-OH is 1. The van der Waals surface area contributed by atoms with Gasteiger partial charge in [0, 0.05) is 13.0 Å². The number of unbranched alkanes of at least 4 members (excludes halogenated alkanes) is 18. The Morgan fingerprint density at radius 1 is 0.568 bits per heavy atom. The fourth-order valence-electron chi connectivity index (χ4n) is 5.10. The monoisotopic (exact) mass is 617 g/mol. The van der Waals surface area contributed by atoms with Crippen LogP contribution in [0.25, 0.3) is 0 Å². The largest absolute Gasteiger partial charge is 0.457 e. The number of esters is 1. The molecule has 1 N–H and O–H groups in total. The zero-order valence-corrected chi connectivity index (χ0v) is 29.2. The molecule has 1 unspecified atom stereocenters. The SMILES string of the molecule is CC/C=C\C/C=C\C/C=C\CCCCCCCC(=O)OC(CO)COCCCCCCCC/C=C\CCCCCCCCC. The number of ether oxygens (including phenoxy) is 2. The molecule has 0 rings (SSSR count). The minimum atomic E-state index is -0.546. The Morgan fingerprint density at radius 2 is 1.02 bits per heavy atom. The Hall–Kier alpha value is -1.65. The van der Waals surface area contributed by atoms with E-state index in [0.29, 0.717) is 13.0 Å². The van der Waals surface area contributed by atoms with E-state index in [1.165, 1.54) is 103 Å². The molecule has 0 aromatic rings. The summed E-state index contributed by atoms with van der Waals surface area (Å²) in [6.07, 6.45) is 47.2. The van der Waals surface area contributed by atoms with E-state index in [1.807, 2.05) is 0 Å². The first-order valence-corrected chi connectivity index (χ1v) is 18.7. The highest BCUT2D eigenvalue weighted by Crippen LogP contribution is 2.12. The molecule has 4 nitrogen and oxygen atoms in total. The van der Waals surface area contributed by atoms with Crippen molar-refractivity contribution in [3.63, 3.8) is 0 Å². The number of hydrogen-bond donors (Lipinski definition) is 1. The maximum atomic E-state index is 12.1. The van der Waals surface area contributed by atoms with E-state index in [1.54, 1.807) is 0 Å². The Balaban J connectivity index is 3.48. The smallest absolute Gasteiger partial charge is 0.306 e. The van der Waals surface area contributed by atoms with Crippen molar-refractivity contribution in [2.24, 2.45) is 0 Å². The third kappa shape index (κ3) is 34.8. The molecular weight excluding hydrogens is 544 g/mol. The highest BCUT2D eigenvalue weighted by Gasteiger charge is 2.13. The van der Waals surface area contributed by atoms with Crippen molar-refractivity contribution >= 4 is 5.97 Å². The van der Waals surface area contributed by atoms with Gasteiger partial charge in [-0.2, -0.15) is 0 Å². The minimum Gasteiger partial charge on any atom is -0.457 e. The zero-order valence-electron chi connectivity index (χ0n) is 29.2. The topological polar surface area (TPSA) is 55.8 Å². The lowest BCUT2D eigenvalue weighted by Gasteiger charge is -2.15. The summed E-state index contributed by atoms with van der Waals surface area (Å²) < 4.78 is 11.1. The summed E-state index contributed by atoms with van der Waals surface area (Å²) in [6.45, 7) is 5.20. The van der Waals surface area contributed by atoms with Gasteiger partial charge in [0.2, 0.25) is 0 Å². The van der Waals surface area contributed by atoms with Gasteiger partial charge in [0.05, 0.1) is 13.2 Å². The first-order chi connectivity index (χ1) is 21.7. The van der Waals surface area contributed by atoms with Crippen LogP contribution in [0.2, 0.25) is 0 Å². The molecule has 0 aromatic heterocycles. The summed E-state index contributed by atoms with van der Waals surface area (Å²) in [5.41, 5.74) is 0. The second-order valence-corrected chi connectivity index (χ2v) is 12.3. The van der Waals surface area contributed by atoms with E-state index >= 15 is 0 Å². The average Bonchev–Trinajstić information content (AvgIpc) is 3.03. The summed E-state index contributed by atoms with van der Waals surface area (Å²) >= 11 is 0. The number of carbonyl (C=O) groups is 1. The van der Waals surface area contributed by atoms with Crippen molar-refractivity contribution in [3.8, 4) is 0 Å². The molecule has 0 aromatic carbocycles. The summed E-state index contributed by atoms with van der Waals surface area (Å²) in [6, 6.07) is 0. The lowest BCUT2D eigenvalue weighted by atomic mass is 10.1. The van der Waals surface area contributed by atoms with E-state index in [-0.39, 0.29) is 19.2 Å². The molecule has 256 valence electrons. The highest BCUT2D eigenvalue weighted by atomic mass is 16.6. The van der Waals surface area contributed by atoms with Crippen molar-refractivity contribution in [2.75, 3.05) is 19.8 Å². The van der Waals surface area contributed by atoms with Gasteiger partial charge in [-0.3, -0.25) is 4.79 Å². The zero-order chi connectivity index (χ0) is 32.0. The molecular formula is C40H72O4. The van der Waals surface area contributed by atoms with Gasteiger partial charge < -0.3 is 14.6 Å². The fraction of sp³-hybridized carbons (Fsp3) is 0.775. The van der Waals surface area contributed by atoms with Gasteiger partial charge in [0.25, 0.3) is 0 Å². The molecule has 0 bridgehead atoms. The molecule has 0 amide bonds. The van der Waals surface area contributed by atoms with Crippen LogP contribution in [0.4, 0.5) is 0 Å². The second-order valence-electron chi connectivity index (χ2n) is 12.3. The van der Waals surface area contributed by atoms with E-state index in [0.717, 1.165) is 51.4 Å². The molecule has 4 heteroatoms. The fourth-order valence-corrected chi connectivity index (χ4v) is 5.10. The van der Waals surface area contributed by atoms with E-state index in [2.05, 4.69) is 62.5 Å². The Bertz CT molecular complexity index is 693. The van der Waals surface area contributed by atoms with Gasteiger partial charge >= 0.3 is 5.97 Å². The van der Waals surface area contributed by atoms with Crippen molar-refractivity contribution in [2.45, 2.75) is 180 Å². The lowest BCUT2D eigenvalue weighted by Crippen LogP contribution is -2.27. The predicted molar refractivity (Wildman–Crippen MR) is 191 cm³/mol. The molecule has 0 fully saturated rings. The molecule has 0 aliphatic rings. The molecule has 0 radical (unpaired) electrons. The van der Waals surface area contributed by atoms with Crippen molar-refractivity contribution < 1.29 is 19.4 Å². The van der Waals surface area contributed by atoms with Gasteiger partial charge in [0.15, 0.2) is 0 Å². The third-order valence-electron chi connectivity index (χ3n) is 7.89. The van der Waals surface area contributed by atoms with E-state index in [4.69, 9.17) is 9.47 Å². The standard InChI is InChI=1S/C40H72O4/c1-3-5-7-9-11-13-15-17-19-20-22-24-26-28-30-32-34-36-43-38-39(37-41)44-40(42)35-33-31-29-27-25-23-21-18-16-14-12-10-8-6-4-2/h6,8,12,14,18-21,39,41H,3-5,7,9-11,13,15-17,22-38H2,1-2H3/b8-6-,14-12-,20-19-,21-18-. The molecule has 44 heavy (non-hydrogen) atoms. The van der Waals surface area contributed by atoms with Crippen molar-refractivity contribution in [3.05, 3.63) is 48.6 Å². The van der Waals surface area contributed by atoms with Gasteiger partial charge in [-0.15, -0.1) is 0 Å². The van der Waals surface area contributed by atoms with Crippen molar-refractivity contribution in [1.29, 1.82) is 0 Å². The summed E-state index contributed by atoms with van der Waals surface area (Å²) in [4.78, 5) is 12.1. The Morgan fingerprint density at radius 3 is 1.57 bits per heavy atom. The van der Waals surface area contributed by atoms with E-state index < -0.39 is 6.10 Å². The van der Waals surface area contributed by atoms with Crippen LogP contribution in [0.5, 0.6) is 0 Å². The summed E-state index contributed by atoms with van der Waals surface area (Å²) in [7, 11) is 0. The van der Waals surface area contributed by atoms with E-state index in [9.17, 15) is 9.90 Å². The summed E-state index contributed by atoms with van der Waals surface area (Å²) in [5.74, 6) is -0.221. The average molecular weight is 617 g/mol. The van der Waals surface area contributed by atoms with Crippen LogP contribution in [0.15, 0.2) is 48.6 Å². The molecule has 0 saturated heterocycles. The maximum absolute atomic E-state index is 12.1. The molecule has 0 saturated carbocycles. The van der Waals surface area contributed by atoms with Crippen LogP contribution in [0, 0.1) is 0 Å². The maximum Gasteiger partial charge on any atom is 0.306 e.